The Morgan fingerprint density at radius 2 is 1.14 bits per heavy atom. The molecule has 1 unspecified atom stereocenters. The van der Waals surface area contributed by atoms with E-state index in [0.29, 0.717) is 0 Å². The molecule has 0 amide bonds. The SMILES string of the molecule is CC1(C(Cl)(Cl)Cl)OOC2(CCCCCCCCCCC2)O1. The van der Waals surface area contributed by atoms with Crippen molar-refractivity contribution in [3.8, 4) is 0 Å². The molecule has 1 heterocycles. The zero-order chi connectivity index (χ0) is 15.4. The first-order valence-corrected chi connectivity index (χ1v) is 9.14. The van der Waals surface area contributed by atoms with Gasteiger partial charge in [-0.05, 0) is 19.8 Å². The van der Waals surface area contributed by atoms with Crippen LogP contribution in [0.3, 0.4) is 0 Å². The van der Waals surface area contributed by atoms with E-state index in [9.17, 15) is 0 Å². The van der Waals surface area contributed by atoms with Gasteiger partial charge in [0.2, 0.25) is 15.4 Å². The number of ether oxygens (including phenoxy) is 1. The van der Waals surface area contributed by atoms with E-state index in [4.69, 9.17) is 49.3 Å². The second kappa shape index (κ2) is 7.55. The standard InChI is InChI=1S/C15H25Cl3O3/c1-13(15(16,17)18)19-14(21-20-13)11-9-7-5-3-2-4-6-8-10-12-14/h2-12H2,1H3. The molecule has 21 heavy (non-hydrogen) atoms. The van der Waals surface area contributed by atoms with Gasteiger partial charge in [-0.2, -0.15) is 9.78 Å². The van der Waals surface area contributed by atoms with Gasteiger partial charge in [0.25, 0.3) is 0 Å². The van der Waals surface area contributed by atoms with Gasteiger partial charge in [-0.1, -0.05) is 79.7 Å². The molecule has 2 rings (SSSR count). The van der Waals surface area contributed by atoms with Crippen molar-refractivity contribution < 1.29 is 14.5 Å². The minimum Gasteiger partial charge on any atom is -0.309 e. The third-order valence-corrected chi connectivity index (χ3v) is 5.39. The molecule has 1 atom stereocenters. The predicted molar refractivity (Wildman–Crippen MR) is 85.5 cm³/mol. The first-order valence-electron chi connectivity index (χ1n) is 8.01. The molecule has 0 aromatic rings. The van der Waals surface area contributed by atoms with Crippen molar-refractivity contribution in [1.82, 2.24) is 0 Å². The Balaban J connectivity index is 2.00. The molecular weight excluding hydrogens is 335 g/mol. The summed E-state index contributed by atoms with van der Waals surface area (Å²) in [5.74, 6) is -2.12. The van der Waals surface area contributed by atoms with Crippen LogP contribution in [0.1, 0.15) is 77.6 Å². The molecule has 1 saturated carbocycles. The maximum Gasteiger partial charge on any atom is 0.248 e. The van der Waals surface area contributed by atoms with E-state index in [1.807, 2.05) is 0 Å². The molecule has 0 radical (unpaired) electrons. The largest absolute Gasteiger partial charge is 0.309 e. The molecule has 1 aliphatic carbocycles. The zero-order valence-electron chi connectivity index (χ0n) is 12.6. The molecule has 1 saturated heterocycles. The van der Waals surface area contributed by atoms with E-state index in [2.05, 4.69) is 0 Å². The topological polar surface area (TPSA) is 27.7 Å². The van der Waals surface area contributed by atoms with Crippen molar-refractivity contribution in [2.24, 2.45) is 0 Å². The number of rotatable bonds is 0. The van der Waals surface area contributed by atoms with Gasteiger partial charge in [0, 0.05) is 12.8 Å². The molecule has 124 valence electrons. The zero-order valence-corrected chi connectivity index (χ0v) is 14.9. The van der Waals surface area contributed by atoms with Gasteiger partial charge in [-0.3, -0.25) is 0 Å². The third-order valence-electron chi connectivity index (χ3n) is 4.36. The summed E-state index contributed by atoms with van der Waals surface area (Å²) < 4.78 is 4.33. The lowest BCUT2D eigenvalue weighted by Gasteiger charge is -2.31. The summed E-state index contributed by atoms with van der Waals surface area (Å²) >= 11 is 17.9. The maximum atomic E-state index is 6.01. The van der Waals surface area contributed by atoms with E-state index in [0.717, 1.165) is 25.7 Å². The Hall–Kier alpha value is 0.750. The summed E-state index contributed by atoms with van der Waals surface area (Å²) in [7, 11) is 0. The van der Waals surface area contributed by atoms with Crippen LogP contribution in [0.2, 0.25) is 0 Å². The van der Waals surface area contributed by atoms with Crippen molar-refractivity contribution in [3.05, 3.63) is 0 Å². The fraction of sp³-hybridized carbons (Fsp3) is 1.00. The molecule has 1 spiro atoms. The normalized spacial score (nSPS) is 32.6. The number of halogens is 3. The molecule has 1 aliphatic heterocycles. The van der Waals surface area contributed by atoms with Crippen molar-refractivity contribution >= 4 is 34.8 Å². The summed E-state index contributed by atoms with van der Waals surface area (Å²) in [4.78, 5) is 10.9. The van der Waals surface area contributed by atoms with Crippen LogP contribution < -0.4 is 0 Å². The average Bonchev–Trinajstić information content (AvgIpc) is 2.73. The highest BCUT2D eigenvalue weighted by Crippen LogP contribution is 2.50. The average molecular weight is 360 g/mol. The van der Waals surface area contributed by atoms with Crippen LogP contribution in [0.25, 0.3) is 0 Å². The van der Waals surface area contributed by atoms with Crippen molar-refractivity contribution in [2.45, 2.75) is 92.9 Å². The van der Waals surface area contributed by atoms with Gasteiger partial charge in [0.05, 0.1) is 0 Å². The minimum absolute atomic E-state index is 0.766. The Kier molecular flexibility index (Phi) is 6.50. The van der Waals surface area contributed by atoms with Crippen LogP contribution in [-0.2, 0) is 14.5 Å². The number of hydrogen-bond acceptors (Lipinski definition) is 3. The van der Waals surface area contributed by atoms with E-state index < -0.39 is 15.4 Å². The quantitative estimate of drug-likeness (QED) is 0.389. The summed E-state index contributed by atoms with van der Waals surface area (Å²) in [6.45, 7) is 1.62. The Morgan fingerprint density at radius 1 is 0.714 bits per heavy atom. The monoisotopic (exact) mass is 358 g/mol. The van der Waals surface area contributed by atoms with Crippen LogP contribution >= 0.6 is 34.8 Å². The van der Waals surface area contributed by atoms with E-state index >= 15 is 0 Å². The Morgan fingerprint density at radius 3 is 1.52 bits per heavy atom. The van der Waals surface area contributed by atoms with Gasteiger partial charge in [-0.15, -0.1) is 0 Å². The first-order chi connectivity index (χ1) is 9.87. The molecule has 2 fully saturated rings. The highest BCUT2D eigenvalue weighted by atomic mass is 35.6. The Bertz CT molecular complexity index is 321. The molecule has 0 aromatic heterocycles. The second-order valence-corrected chi connectivity index (χ2v) is 8.59. The van der Waals surface area contributed by atoms with Crippen LogP contribution in [-0.4, -0.2) is 15.4 Å². The fourth-order valence-corrected chi connectivity index (χ4v) is 3.20. The van der Waals surface area contributed by atoms with E-state index in [1.54, 1.807) is 6.92 Å². The van der Waals surface area contributed by atoms with Crippen molar-refractivity contribution in [1.29, 1.82) is 0 Å². The molecule has 3 nitrogen and oxygen atoms in total. The molecule has 2 aliphatic rings. The first kappa shape index (κ1) is 18.1. The molecule has 0 aromatic carbocycles. The van der Waals surface area contributed by atoms with Crippen LogP contribution in [0, 0.1) is 0 Å². The molecular formula is C15H25Cl3O3. The number of alkyl halides is 3. The van der Waals surface area contributed by atoms with Crippen LogP contribution in [0.5, 0.6) is 0 Å². The summed E-state index contributed by atoms with van der Waals surface area (Å²) in [5.41, 5.74) is 0. The lowest BCUT2D eigenvalue weighted by molar-refractivity contribution is -0.349. The van der Waals surface area contributed by atoms with Crippen molar-refractivity contribution in [3.63, 3.8) is 0 Å². The molecule has 0 bridgehead atoms. The van der Waals surface area contributed by atoms with Gasteiger partial charge >= 0.3 is 0 Å². The highest BCUT2D eigenvalue weighted by molar-refractivity contribution is 6.68. The van der Waals surface area contributed by atoms with E-state index in [1.165, 1.54) is 44.9 Å². The fourth-order valence-electron chi connectivity index (χ4n) is 2.99. The van der Waals surface area contributed by atoms with Gasteiger partial charge in [0.1, 0.15) is 0 Å². The van der Waals surface area contributed by atoms with Crippen LogP contribution in [0.4, 0.5) is 0 Å². The van der Waals surface area contributed by atoms with Gasteiger partial charge in [0.15, 0.2) is 0 Å². The number of hydrogen-bond donors (Lipinski definition) is 0. The van der Waals surface area contributed by atoms with Crippen molar-refractivity contribution in [2.75, 3.05) is 0 Å². The second-order valence-electron chi connectivity index (χ2n) is 6.30. The minimum atomic E-state index is -1.68. The lowest BCUT2D eigenvalue weighted by atomic mass is 9.97. The van der Waals surface area contributed by atoms with Gasteiger partial charge < -0.3 is 4.74 Å². The maximum absolute atomic E-state index is 6.01. The summed E-state index contributed by atoms with van der Waals surface area (Å²) in [6.07, 6.45) is 12.5. The molecule has 6 heteroatoms. The smallest absolute Gasteiger partial charge is 0.248 e. The summed E-state index contributed by atoms with van der Waals surface area (Å²) in [5, 5.41) is 0. The Labute approximate surface area is 142 Å². The van der Waals surface area contributed by atoms with Gasteiger partial charge in [-0.25, -0.2) is 0 Å². The third kappa shape index (κ3) is 4.86. The predicted octanol–water partition coefficient (Wildman–Crippen LogP) is 6.05. The summed E-state index contributed by atoms with van der Waals surface area (Å²) in [6, 6.07) is 0. The lowest BCUT2D eigenvalue weighted by Crippen LogP contribution is -2.44. The van der Waals surface area contributed by atoms with Crippen LogP contribution in [0.15, 0.2) is 0 Å². The highest BCUT2D eigenvalue weighted by Gasteiger charge is 2.59. The molecule has 0 N–H and O–H groups in total. The van der Waals surface area contributed by atoms with E-state index in [-0.39, 0.29) is 0 Å².